The third kappa shape index (κ3) is 5.21. The highest BCUT2D eigenvalue weighted by atomic mass is 35.5. The highest BCUT2D eigenvalue weighted by Gasteiger charge is 2.19. The van der Waals surface area contributed by atoms with Crippen molar-refractivity contribution in [1.29, 1.82) is 0 Å². The van der Waals surface area contributed by atoms with E-state index in [1.54, 1.807) is 4.90 Å². The molecule has 1 aromatic carbocycles. The van der Waals surface area contributed by atoms with Gasteiger partial charge in [0.15, 0.2) is 0 Å². The monoisotopic (exact) mass is 382 g/mol. The lowest BCUT2D eigenvalue weighted by Gasteiger charge is -2.23. The lowest BCUT2D eigenvalue weighted by molar-refractivity contribution is 0.0789. The third-order valence-corrected chi connectivity index (χ3v) is 4.72. The molecule has 5 nitrogen and oxygen atoms in total. The summed E-state index contributed by atoms with van der Waals surface area (Å²) in [5, 5.41) is 8.59. The van der Waals surface area contributed by atoms with Gasteiger partial charge in [-0.05, 0) is 49.6 Å². The fourth-order valence-electron chi connectivity index (χ4n) is 2.96. The molecular weight excluding hydrogens is 359 g/mol. The Morgan fingerprint density at radius 1 is 1.36 bits per heavy atom. The highest BCUT2D eigenvalue weighted by Crippen LogP contribution is 2.16. The Kier molecular flexibility index (Phi) is 7.29. The molecule has 3 rings (SSSR count). The molecule has 1 aromatic heterocycles. The highest BCUT2D eigenvalue weighted by molar-refractivity contribution is 6.30. The summed E-state index contributed by atoms with van der Waals surface area (Å²) in [4.78, 5) is 14.3. The molecule has 25 heavy (non-hydrogen) atoms. The number of amides is 1. The van der Waals surface area contributed by atoms with Crippen molar-refractivity contribution in [2.24, 2.45) is 0 Å². The van der Waals surface area contributed by atoms with Crippen molar-refractivity contribution < 1.29 is 4.79 Å². The molecule has 1 saturated heterocycles. The predicted octanol–water partition coefficient (Wildman–Crippen LogP) is 3.20. The van der Waals surface area contributed by atoms with Crippen LogP contribution in [-0.4, -0.2) is 47.3 Å². The van der Waals surface area contributed by atoms with E-state index in [0.29, 0.717) is 18.3 Å². The predicted molar refractivity (Wildman–Crippen MR) is 103 cm³/mol. The van der Waals surface area contributed by atoms with Crippen molar-refractivity contribution >= 4 is 29.9 Å². The molecule has 1 amide bonds. The van der Waals surface area contributed by atoms with Gasteiger partial charge in [-0.1, -0.05) is 23.7 Å². The maximum absolute atomic E-state index is 12.5. The first-order valence-electron chi connectivity index (χ1n) is 8.39. The standard InChI is InChI=1S/C18H23ClN4O.ClH/c1-22(11-8-14-4-6-15(19)7-5-14)18(24)17-9-12-23(21-17)16-3-2-10-20-13-16;/h4-7,9,12,16,20H,2-3,8,10-11,13H2,1H3;1H. The Morgan fingerprint density at radius 2 is 2.12 bits per heavy atom. The third-order valence-electron chi connectivity index (χ3n) is 4.47. The van der Waals surface area contributed by atoms with Crippen LogP contribution < -0.4 is 5.32 Å². The van der Waals surface area contributed by atoms with Gasteiger partial charge in [-0.25, -0.2) is 0 Å². The van der Waals surface area contributed by atoms with Crippen molar-refractivity contribution in [2.75, 3.05) is 26.7 Å². The second kappa shape index (κ2) is 9.22. The number of carbonyl (C=O) groups is 1. The Morgan fingerprint density at radius 3 is 2.80 bits per heavy atom. The number of piperidine rings is 1. The SMILES string of the molecule is CN(CCc1ccc(Cl)cc1)C(=O)c1ccn(C2CCCNC2)n1.Cl. The molecule has 0 saturated carbocycles. The summed E-state index contributed by atoms with van der Waals surface area (Å²) in [5.41, 5.74) is 1.68. The van der Waals surface area contributed by atoms with Crippen molar-refractivity contribution in [3.05, 3.63) is 52.8 Å². The van der Waals surface area contributed by atoms with Crippen LogP contribution in [0.3, 0.4) is 0 Å². The maximum atomic E-state index is 12.5. The second-order valence-corrected chi connectivity index (χ2v) is 6.72. The minimum atomic E-state index is -0.0357. The summed E-state index contributed by atoms with van der Waals surface area (Å²) < 4.78 is 1.92. The fourth-order valence-corrected chi connectivity index (χ4v) is 3.09. The molecule has 1 aliphatic rings. The van der Waals surface area contributed by atoms with E-state index in [4.69, 9.17) is 11.6 Å². The van der Waals surface area contributed by atoms with E-state index in [1.807, 2.05) is 48.3 Å². The molecule has 0 bridgehead atoms. The first kappa shape index (κ1) is 19.8. The summed E-state index contributed by atoms with van der Waals surface area (Å²) in [6, 6.07) is 9.89. The lowest BCUT2D eigenvalue weighted by atomic mass is 10.1. The lowest BCUT2D eigenvalue weighted by Crippen LogP contribution is -2.32. The minimum absolute atomic E-state index is 0. The van der Waals surface area contributed by atoms with Gasteiger partial charge in [0.2, 0.25) is 0 Å². The van der Waals surface area contributed by atoms with Crippen LogP contribution in [0.1, 0.15) is 34.9 Å². The topological polar surface area (TPSA) is 50.2 Å². The molecule has 0 spiro atoms. The normalized spacial score (nSPS) is 17.0. The molecule has 1 unspecified atom stereocenters. The molecule has 1 N–H and O–H groups in total. The first-order valence-corrected chi connectivity index (χ1v) is 8.77. The van der Waals surface area contributed by atoms with E-state index in [9.17, 15) is 4.79 Å². The van der Waals surface area contributed by atoms with Gasteiger partial charge in [0.05, 0.1) is 6.04 Å². The van der Waals surface area contributed by atoms with Crippen molar-refractivity contribution in [3.63, 3.8) is 0 Å². The van der Waals surface area contributed by atoms with Crippen LogP contribution in [0, 0.1) is 0 Å². The smallest absolute Gasteiger partial charge is 0.274 e. The van der Waals surface area contributed by atoms with Gasteiger partial charge in [-0.3, -0.25) is 9.48 Å². The first-order chi connectivity index (χ1) is 11.6. The molecule has 0 radical (unpaired) electrons. The largest absolute Gasteiger partial charge is 0.340 e. The number of halogens is 2. The second-order valence-electron chi connectivity index (χ2n) is 6.28. The molecule has 7 heteroatoms. The molecular formula is C18H24Cl2N4O. The number of benzene rings is 1. The van der Waals surface area contributed by atoms with E-state index in [1.165, 1.54) is 0 Å². The summed E-state index contributed by atoms with van der Waals surface area (Å²) in [6.45, 7) is 2.64. The van der Waals surface area contributed by atoms with Crippen LogP contribution >= 0.6 is 24.0 Å². The zero-order valence-electron chi connectivity index (χ0n) is 14.3. The molecule has 1 fully saturated rings. The fraction of sp³-hybridized carbons (Fsp3) is 0.444. The van der Waals surface area contributed by atoms with E-state index < -0.39 is 0 Å². The number of aromatic nitrogens is 2. The Balaban J connectivity index is 0.00000225. The maximum Gasteiger partial charge on any atom is 0.274 e. The quantitative estimate of drug-likeness (QED) is 0.863. The molecule has 136 valence electrons. The van der Waals surface area contributed by atoms with Crippen molar-refractivity contribution in [3.8, 4) is 0 Å². The van der Waals surface area contributed by atoms with Gasteiger partial charge in [-0.2, -0.15) is 5.10 Å². The van der Waals surface area contributed by atoms with Crippen molar-refractivity contribution in [1.82, 2.24) is 20.0 Å². The van der Waals surface area contributed by atoms with E-state index in [0.717, 1.165) is 42.9 Å². The van der Waals surface area contributed by atoms with E-state index >= 15 is 0 Å². The number of carbonyl (C=O) groups excluding carboxylic acids is 1. The van der Waals surface area contributed by atoms with Crippen LogP contribution in [0.4, 0.5) is 0 Å². The van der Waals surface area contributed by atoms with Crippen LogP contribution in [-0.2, 0) is 6.42 Å². The van der Waals surface area contributed by atoms with Gasteiger partial charge in [0, 0.05) is 31.4 Å². The van der Waals surface area contributed by atoms with Crippen LogP contribution in [0.5, 0.6) is 0 Å². The van der Waals surface area contributed by atoms with Gasteiger partial charge in [-0.15, -0.1) is 12.4 Å². The van der Waals surface area contributed by atoms with Crippen LogP contribution in [0.2, 0.25) is 5.02 Å². The molecule has 1 atom stereocenters. The number of rotatable bonds is 5. The number of likely N-dealkylation sites (N-methyl/N-ethyl adjacent to an activating group) is 1. The molecule has 2 heterocycles. The van der Waals surface area contributed by atoms with Gasteiger partial charge in [0.25, 0.3) is 5.91 Å². The van der Waals surface area contributed by atoms with Crippen LogP contribution in [0.25, 0.3) is 0 Å². The van der Waals surface area contributed by atoms with Crippen molar-refractivity contribution in [2.45, 2.75) is 25.3 Å². The summed E-state index contributed by atoms with van der Waals surface area (Å²) in [5.74, 6) is -0.0357. The Bertz CT molecular complexity index is 681. The Hall–Kier alpha value is -1.56. The van der Waals surface area contributed by atoms with E-state index in [2.05, 4.69) is 10.4 Å². The van der Waals surface area contributed by atoms with Gasteiger partial charge >= 0.3 is 0 Å². The van der Waals surface area contributed by atoms with Gasteiger partial charge < -0.3 is 10.2 Å². The number of hydrogen-bond acceptors (Lipinski definition) is 3. The summed E-state index contributed by atoms with van der Waals surface area (Å²) in [6.07, 6.45) is 4.97. The minimum Gasteiger partial charge on any atom is -0.340 e. The Labute approximate surface area is 159 Å². The molecule has 1 aliphatic heterocycles. The zero-order chi connectivity index (χ0) is 16.9. The van der Waals surface area contributed by atoms with Gasteiger partial charge in [0.1, 0.15) is 5.69 Å². The molecule has 0 aliphatic carbocycles. The van der Waals surface area contributed by atoms with E-state index in [-0.39, 0.29) is 18.3 Å². The average Bonchev–Trinajstić information content (AvgIpc) is 3.11. The number of nitrogens with zero attached hydrogens (tertiary/aromatic N) is 3. The average molecular weight is 383 g/mol. The summed E-state index contributed by atoms with van der Waals surface area (Å²) in [7, 11) is 1.82. The number of nitrogens with one attached hydrogen (secondary N) is 1. The molecule has 2 aromatic rings. The van der Waals surface area contributed by atoms with Crippen LogP contribution in [0.15, 0.2) is 36.5 Å². The zero-order valence-corrected chi connectivity index (χ0v) is 15.9. The summed E-state index contributed by atoms with van der Waals surface area (Å²) >= 11 is 5.89. The number of hydrogen-bond donors (Lipinski definition) is 1.